The number of benzene rings is 2. The van der Waals surface area contributed by atoms with Crippen LogP contribution in [0.3, 0.4) is 0 Å². The molecule has 2 aromatic carbocycles. The topological polar surface area (TPSA) is 67.1 Å². The molecular weight excluding hydrogens is 326 g/mol. The Balaban J connectivity index is 1.83. The standard InChI is InChI=1S/C18H14ClN3O2/c19-12-4-2-5-13(8-12)22-18-16(10-20-22)15(9-17(24)21-18)11-3-1-6-14(23)7-11/h1-8,10,15,23H,9H2,(H,21,24)/t15-/m0/s1. The molecule has 0 saturated carbocycles. The van der Waals surface area contributed by atoms with Gasteiger partial charge in [-0.05, 0) is 35.9 Å². The van der Waals surface area contributed by atoms with Crippen LogP contribution in [0.1, 0.15) is 23.5 Å². The minimum atomic E-state index is -0.145. The van der Waals surface area contributed by atoms with E-state index in [0.29, 0.717) is 17.3 Å². The molecule has 1 aromatic heterocycles. The van der Waals surface area contributed by atoms with Crippen LogP contribution in [0.5, 0.6) is 5.75 Å². The number of nitrogens with one attached hydrogen (secondary N) is 1. The molecule has 4 rings (SSSR count). The predicted molar refractivity (Wildman–Crippen MR) is 91.8 cm³/mol. The van der Waals surface area contributed by atoms with Gasteiger partial charge in [-0.2, -0.15) is 5.10 Å². The molecule has 1 aliphatic heterocycles. The fourth-order valence-electron chi connectivity index (χ4n) is 3.06. The second-order valence-corrected chi connectivity index (χ2v) is 6.18. The largest absolute Gasteiger partial charge is 0.508 e. The zero-order chi connectivity index (χ0) is 16.7. The maximum Gasteiger partial charge on any atom is 0.226 e. The van der Waals surface area contributed by atoms with Gasteiger partial charge in [0.2, 0.25) is 5.91 Å². The van der Waals surface area contributed by atoms with E-state index in [1.54, 1.807) is 41.2 Å². The van der Waals surface area contributed by atoms with Crippen molar-refractivity contribution in [1.82, 2.24) is 9.78 Å². The van der Waals surface area contributed by atoms with Crippen molar-refractivity contribution >= 4 is 23.3 Å². The molecule has 2 heterocycles. The maximum atomic E-state index is 12.2. The van der Waals surface area contributed by atoms with Crippen LogP contribution >= 0.6 is 11.6 Å². The third kappa shape index (κ3) is 2.53. The number of fused-ring (bicyclic) bond motifs is 1. The Bertz CT molecular complexity index is 936. The molecule has 0 aliphatic carbocycles. The summed E-state index contributed by atoms with van der Waals surface area (Å²) in [5, 5.41) is 17.7. The van der Waals surface area contributed by atoms with Gasteiger partial charge >= 0.3 is 0 Å². The quantitative estimate of drug-likeness (QED) is 0.748. The monoisotopic (exact) mass is 339 g/mol. The van der Waals surface area contributed by atoms with Gasteiger partial charge in [-0.25, -0.2) is 4.68 Å². The summed E-state index contributed by atoms with van der Waals surface area (Å²) in [6.45, 7) is 0. The van der Waals surface area contributed by atoms with E-state index >= 15 is 0 Å². The smallest absolute Gasteiger partial charge is 0.226 e. The van der Waals surface area contributed by atoms with Gasteiger partial charge in [0.25, 0.3) is 0 Å². The molecule has 1 aliphatic rings. The van der Waals surface area contributed by atoms with Gasteiger partial charge in [-0.1, -0.05) is 29.8 Å². The molecule has 1 atom stereocenters. The van der Waals surface area contributed by atoms with Crippen molar-refractivity contribution < 1.29 is 9.90 Å². The number of amides is 1. The fourth-order valence-corrected chi connectivity index (χ4v) is 3.25. The van der Waals surface area contributed by atoms with Crippen LogP contribution in [0.4, 0.5) is 5.82 Å². The summed E-state index contributed by atoms with van der Waals surface area (Å²) in [5.74, 6) is 0.595. The Kier molecular flexibility index (Phi) is 3.50. The molecule has 120 valence electrons. The molecule has 24 heavy (non-hydrogen) atoms. The van der Waals surface area contributed by atoms with Crippen molar-refractivity contribution in [2.24, 2.45) is 0 Å². The zero-order valence-corrected chi connectivity index (χ0v) is 13.4. The number of carbonyl (C=O) groups is 1. The summed E-state index contributed by atoms with van der Waals surface area (Å²) in [7, 11) is 0. The van der Waals surface area contributed by atoms with Crippen LogP contribution in [-0.2, 0) is 4.79 Å². The van der Waals surface area contributed by atoms with E-state index in [0.717, 1.165) is 16.8 Å². The minimum absolute atomic E-state index is 0.0837. The van der Waals surface area contributed by atoms with Gasteiger partial charge in [0.1, 0.15) is 11.6 Å². The van der Waals surface area contributed by atoms with Gasteiger partial charge in [0.05, 0.1) is 11.9 Å². The average Bonchev–Trinajstić information content (AvgIpc) is 2.97. The third-order valence-corrected chi connectivity index (χ3v) is 4.38. The summed E-state index contributed by atoms with van der Waals surface area (Å²) >= 11 is 6.06. The Morgan fingerprint density at radius 2 is 2.04 bits per heavy atom. The van der Waals surface area contributed by atoms with Gasteiger partial charge in [-0.15, -0.1) is 0 Å². The lowest BCUT2D eigenvalue weighted by Gasteiger charge is -2.23. The number of halogens is 1. The first-order chi connectivity index (χ1) is 11.6. The molecular formula is C18H14ClN3O2. The summed E-state index contributed by atoms with van der Waals surface area (Å²) in [4.78, 5) is 12.2. The number of hydrogen-bond donors (Lipinski definition) is 2. The van der Waals surface area contributed by atoms with E-state index in [-0.39, 0.29) is 17.6 Å². The molecule has 3 aromatic rings. The Hall–Kier alpha value is -2.79. The number of aromatic hydroxyl groups is 1. The van der Waals surface area contributed by atoms with Crippen LogP contribution in [-0.4, -0.2) is 20.8 Å². The van der Waals surface area contributed by atoms with Gasteiger partial charge < -0.3 is 10.4 Å². The molecule has 0 saturated heterocycles. The Morgan fingerprint density at radius 1 is 1.21 bits per heavy atom. The third-order valence-electron chi connectivity index (χ3n) is 4.15. The number of nitrogens with zero attached hydrogens (tertiary/aromatic N) is 2. The maximum absolute atomic E-state index is 12.2. The highest BCUT2D eigenvalue weighted by atomic mass is 35.5. The van der Waals surface area contributed by atoms with Crippen molar-refractivity contribution in [3.8, 4) is 11.4 Å². The fraction of sp³-hybridized carbons (Fsp3) is 0.111. The molecule has 6 heteroatoms. The summed E-state index contributed by atoms with van der Waals surface area (Å²) in [6, 6.07) is 14.3. The van der Waals surface area contributed by atoms with E-state index in [9.17, 15) is 9.90 Å². The minimum Gasteiger partial charge on any atom is -0.508 e. The first-order valence-electron chi connectivity index (χ1n) is 7.54. The van der Waals surface area contributed by atoms with E-state index in [2.05, 4.69) is 10.4 Å². The van der Waals surface area contributed by atoms with Gasteiger partial charge in [0.15, 0.2) is 0 Å². The van der Waals surface area contributed by atoms with Crippen molar-refractivity contribution in [3.05, 3.63) is 70.9 Å². The van der Waals surface area contributed by atoms with Crippen molar-refractivity contribution in [2.75, 3.05) is 5.32 Å². The van der Waals surface area contributed by atoms with Gasteiger partial charge in [-0.3, -0.25) is 4.79 Å². The molecule has 1 amide bonds. The Labute approximate surface area is 143 Å². The van der Waals surface area contributed by atoms with E-state index in [1.807, 2.05) is 18.2 Å². The number of phenols is 1. The van der Waals surface area contributed by atoms with E-state index in [1.165, 1.54) is 0 Å². The molecule has 0 fully saturated rings. The predicted octanol–water partition coefficient (Wildman–Crippen LogP) is 3.71. The highest BCUT2D eigenvalue weighted by Gasteiger charge is 2.30. The molecule has 2 N–H and O–H groups in total. The van der Waals surface area contributed by atoms with Gasteiger partial charge in [0, 0.05) is 22.9 Å². The highest BCUT2D eigenvalue weighted by Crippen LogP contribution is 2.38. The molecule has 0 bridgehead atoms. The number of rotatable bonds is 2. The second kappa shape index (κ2) is 5.69. The lowest BCUT2D eigenvalue weighted by molar-refractivity contribution is -0.116. The number of anilines is 1. The normalized spacial score (nSPS) is 16.5. The van der Waals surface area contributed by atoms with Crippen LogP contribution in [0, 0.1) is 0 Å². The molecule has 5 nitrogen and oxygen atoms in total. The van der Waals surface area contributed by atoms with E-state index in [4.69, 9.17) is 11.6 Å². The second-order valence-electron chi connectivity index (χ2n) is 5.74. The first-order valence-corrected chi connectivity index (χ1v) is 7.92. The van der Waals surface area contributed by atoms with Crippen molar-refractivity contribution in [2.45, 2.75) is 12.3 Å². The van der Waals surface area contributed by atoms with Crippen molar-refractivity contribution in [1.29, 1.82) is 0 Å². The van der Waals surface area contributed by atoms with Crippen LogP contribution in [0.15, 0.2) is 54.7 Å². The first kappa shape index (κ1) is 14.8. The lowest BCUT2D eigenvalue weighted by Crippen LogP contribution is -2.24. The van der Waals surface area contributed by atoms with Crippen LogP contribution in [0.2, 0.25) is 5.02 Å². The summed E-state index contributed by atoms with van der Waals surface area (Å²) in [6.07, 6.45) is 2.07. The number of carbonyl (C=O) groups excluding carboxylic acids is 1. The number of phenolic OH excluding ortho intramolecular Hbond substituents is 1. The highest BCUT2D eigenvalue weighted by molar-refractivity contribution is 6.30. The molecule has 0 radical (unpaired) electrons. The van der Waals surface area contributed by atoms with Crippen LogP contribution in [0.25, 0.3) is 5.69 Å². The Morgan fingerprint density at radius 3 is 2.83 bits per heavy atom. The van der Waals surface area contributed by atoms with E-state index < -0.39 is 0 Å². The zero-order valence-electron chi connectivity index (χ0n) is 12.6. The van der Waals surface area contributed by atoms with Crippen molar-refractivity contribution in [3.63, 3.8) is 0 Å². The summed E-state index contributed by atoms with van der Waals surface area (Å²) < 4.78 is 1.67. The molecule has 0 spiro atoms. The lowest BCUT2D eigenvalue weighted by atomic mass is 9.87. The number of aromatic nitrogens is 2. The molecule has 0 unspecified atom stereocenters. The SMILES string of the molecule is O=C1C[C@@H](c2cccc(O)c2)c2cnn(-c3cccc(Cl)c3)c2N1. The number of hydrogen-bond acceptors (Lipinski definition) is 3. The summed E-state index contributed by atoms with van der Waals surface area (Å²) in [5.41, 5.74) is 2.58. The van der Waals surface area contributed by atoms with Crippen LogP contribution < -0.4 is 5.32 Å². The average molecular weight is 340 g/mol.